The molecule has 0 fully saturated rings. The number of amides is 2. The van der Waals surface area contributed by atoms with Gasteiger partial charge in [0.05, 0.1) is 17.4 Å². The van der Waals surface area contributed by atoms with Crippen molar-refractivity contribution in [3.63, 3.8) is 0 Å². The van der Waals surface area contributed by atoms with Gasteiger partial charge in [-0.15, -0.1) is 11.8 Å². The van der Waals surface area contributed by atoms with E-state index in [-0.39, 0.29) is 11.8 Å². The van der Waals surface area contributed by atoms with Crippen molar-refractivity contribution >= 4 is 35.2 Å². The predicted molar refractivity (Wildman–Crippen MR) is 79.5 cm³/mol. The van der Waals surface area contributed by atoms with Gasteiger partial charge in [-0.05, 0) is 24.6 Å². The summed E-state index contributed by atoms with van der Waals surface area (Å²) in [6.07, 6.45) is 0.374. The summed E-state index contributed by atoms with van der Waals surface area (Å²) in [7, 11) is 0. The fraction of sp³-hybridized carbons (Fsp3) is 0.357. The maximum Gasteiger partial charge on any atom is 0.306 e. The molecule has 1 atom stereocenters. The van der Waals surface area contributed by atoms with Crippen LogP contribution >= 0.6 is 11.8 Å². The smallest absolute Gasteiger partial charge is 0.306 e. The number of carbonyl (C=O) groups excluding carboxylic acids is 2. The van der Waals surface area contributed by atoms with Crippen molar-refractivity contribution in [3.05, 3.63) is 23.8 Å². The largest absolute Gasteiger partial charge is 0.481 e. The first-order chi connectivity index (χ1) is 9.97. The highest BCUT2D eigenvalue weighted by atomic mass is 32.2. The summed E-state index contributed by atoms with van der Waals surface area (Å²) in [6.45, 7) is 1.89. The van der Waals surface area contributed by atoms with Crippen molar-refractivity contribution in [2.75, 3.05) is 17.6 Å². The van der Waals surface area contributed by atoms with E-state index in [1.54, 1.807) is 25.1 Å². The zero-order valence-electron chi connectivity index (χ0n) is 11.5. The number of carboxylic acid groups (broad SMARTS) is 1. The topological polar surface area (TPSA) is 95.5 Å². The third kappa shape index (κ3) is 3.98. The molecule has 0 aliphatic carbocycles. The molecule has 7 heteroatoms. The molecule has 1 aliphatic heterocycles. The second-order valence-corrected chi connectivity index (χ2v) is 5.85. The summed E-state index contributed by atoms with van der Waals surface area (Å²) in [5.74, 6) is -1.35. The Kier molecular flexibility index (Phi) is 4.85. The van der Waals surface area contributed by atoms with E-state index in [0.717, 1.165) is 4.90 Å². The molecule has 0 bridgehead atoms. The van der Waals surface area contributed by atoms with E-state index in [2.05, 4.69) is 10.6 Å². The number of hydrogen-bond acceptors (Lipinski definition) is 4. The Bertz CT molecular complexity index is 588. The summed E-state index contributed by atoms with van der Waals surface area (Å²) in [5.41, 5.74) is 1.09. The van der Waals surface area contributed by atoms with Crippen molar-refractivity contribution < 1.29 is 19.5 Å². The first-order valence-electron chi connectivity index (χ1n) is 6.55. The maximum absolute atomic E-state index is 12.0. The van der Waals surface area contributed by atoms with Crippen LogP contribution in [-0.4, -0.2) is 35.2 Å². The van der Waals surface area contributed by atoms with Gasteiger partial charge in [0.2, 0.25) is 5.91 Å². The first kappa shape index (κ1) is 15.4. The first-order valence-corrected chi connectivity index (χ1v) is 7.53. The molecule has 1 heterocycles. The van der Waals surface area contributed by atoms with E-state index in [1.807, 2.05) is 0 Å². The number of carboxylic acids is 1. The molecule has 3 N–H and O–H groups in total. The quantitative estimate of drug-likeness (QED) is 0.767. The molecule has 112 valence electrons. The molecule has 0 spiro atoms. The molecule has 21 heavy (non-hydrogen) atoms. The van der Waals surface area contributed by atoms with Crippen LogP contribution in [0.2, 0.25) is 0 Å². The van der Waals surface area contributed by atoms with Gasteiger partial charge < -0.3 is 15.7 Å². The number of hydrogen-bond donors (Lipinski definition) is 3. The summed E-state index contributed by atoms with van der Waals surface area (Å²) < 4.78 is 0. The van der Waals surface area contributed by atoms with Gasteiger partial charge in [0, 0.05) is 17.0 Å². The van der Waals surface area contributed by atoms with E-state index in [9.17, 15) is 14.4 Å². The minimum Gasteiger partial charge on any atom is -0.481 e. The number of thioether (sulfide) groups is 1. The van der Waals surface area contributed by atoms with Crippen molar-refractivity contribution in [3.8, 4) is 0 Å². The lowest BCUT2D eigenvalue weighted by Crippen LogP contribution is -2.27. The predicted octanol–water partition coefficient (Wildman–Crippen LogP) is 1.57. The third-order valence-electron chi connectivity index (χ3n) is 3.16. The van der Waals surface area contributed by atoms with Crippen LogP contribution in [0.3, 0.4) is 0 Å². The molecule has 1 aromatic rings. The van der Waals surface area contributed by atoms with Crippen molar-refractivity contribution in [1.82, 2.24) is 5.32 Å². The number of benzene rings is 1. The SMILES string of the molecule is CC(CCNC(=O)c1ccc2c(c1)NC(=O)CS2)C(=O)O. The minimum absolute atomic E-state index is 0.0830. The summed E-state index contributed by atoms with van der Waals surface area (Å²) in [5, 5.41) is 14.2. The highest BCUT2D eigenvalue weighted by molar-refractivity contribution is 8.00. The zero-order valence-corrected chi connectivity index (χ0v) is 12.3. The Morgan fingerprint density at radius 3 is 2.95 bits per heavy atom. The number of rotatable bonds is 5. The van der Waals surface area contributed by atoms with Gasteiger partial charge in [0.25, 0.3) is 5.91 Å². The number of nitrogens with one attached hydrogen (secondary N) is 2. The number of anilines is 1. The highest BCUT2D eigenvalue weighted by Gasteiger charge is 2.17. The Balaban J connectivity index is 1.95. The van der Waals surface area contributed by atoms with Gasteiger partial charge in [-0.25, -0.2) is 0 Å². The Labute approximate surface area is 126 Å². The van der Waals surface area contributed by atoms with E-state index in [4.69, 9.17) is 5.11 Å². The minimum atomic E-state index is -0.877. The van der Waals surface area contributed by atoms with Crippen LogP contribution in [0.4, 0.5) is 5.69 Å². The standard InChI is InChI=1S/C14H16N2O4S/c1-8(14(19)20)4-5-15-13(18)9-2-3-11-10(6-9)16-12(17)7-21-11/h2-3,6,8H,4-5,7H2,1H3,(H,15,18)(H,16,17)(H,19,20). The van der Waals surface area contributed by atoms with Crippen LogP contribution in [0.25, 0.3) is 0 Å². The van der Waals surface area contributed by atoms with Crippen molar-refractivity contribution in [2.45, 2.75) is 18.2 Å². The van der Waals surface area contributed by atoms with Gasteiger partial charge in [0.1, 0.15) is 0 Å². The van der Waals surface area contributed by atoms with E-state index >= 15 is 0 Å². The molecule has 0 saturated carbocycles. The number of aliphatic carboxylic acids is 1. The van der Waals surface area contributed by atoms with E-state index in [0.29, 0.717) is 30.0 Å². The third-order valence-corrected chi connectivity index (χ3v) is 4.23. The zero-order chi connectivity index (χ0) is 15.4. The van der Waals surface area contributed by atoms with Gasteiger partial charge in [-0.3, -0.25) is 14.4 Å². The van der Waals surface area contributed by atoms with Crippen LogP contribution in [0.5, 0.6) is 0 Å². The molecular weight excluding hydrogens is 292 g/mol. The fourth-order valence-electron chi connectivity index (χ4n) is 1.85. The molecule has 2 amide bonds. The molecule has 6 nitrogen and oxygen atoms in total. The second-order valence-electron chi connectivity index (χ2n) is 4.83. The molecule has 0 radical (unpaired) electrons. The molecular formula is C14H16N2O4S. The van der Waals surface area contributed by atoms with Crippen molar-refractivity contribution in [2.24, 2.45) is 5.92 Å². The average Bonchev–Trinajstić information content (AvgIpc) is 2.45. The van der Waals surface area contributed by atoms with Crippen molar-refractivity contribution in [1.29, 1.82) is 0 Å². The van der Waals surface area contributed by atoms with Crippen LogP contribution < -0.4 is 10.6 Å². The normalized spacial score (nSPS) is 14.8. The van der Waals surface area contributed by atoms with E-state index in [1.165, 1.54) is 11.8 Å². The van der Waals surface area contributed by atoms with Crippen LogP contribution in [0, 0.1) is 5.92 Å². The average molecular weight is 308 g/mol. The molecule has 0 aromatic heterocycles. The molecule has 1 aliphatic rings. The van der Waals surface area contributed by atoms with Gasteiger partial charge in [-0.1, -0.05) is 6.92 Å². The Hall–Kier alpha value is -2.02. The summed E-state index contributed by atoms with van der Waals surface area (Å²) in [6, 6.07) is 5.13. The highest BCUT2D eigenvalue weighted by Crippen LogP contribution is 2.31. The lowest BCUT2D eigenvalue weighted by molar-refractivity contribution is -0.141. The Morgan fingerprint density at radius 2 is 2.24 bits per heavy atom. The molecule has 1 unspecified atom stereocenters. The second kappa shape index (κ2) is 6.62. The molecule has 1 aromatic carbocycles. The lowest BCUT2D eigenvalue weighted by Gasteiger charge is -2.17. The number of fused-ring (bicyclic) bond motifs is 1. The maximum atomic E-state index is 12.0. The van der Waals surface area contributed by atoms with Gasteiger partial charge in [-0.2, -0.15) is 0 Å². The van der Waals surface area contributed by atoms with Crippen LogP contribution in [-0.2, 0) is 9.59 Å². The van der Waals surface area contributed by atoms with Gasteiger partial charge in [0.15, 0.2) is 0 Å². The van der Waals surface area contributed by atoms with Crippen LogP contribution in [0.15, 0.2) is 23.1 Å². The number of carbonyl (C=O) groups is 3. The molecule has 2 rings (SSSR count). The fourth-order valence-corrected chi connectivity index (χ4v) is 2.64. The molecule has 0 saturated heterocycles. The van der Waals surface area contributed by atoms with Gasteiger partial charge >= 0.3 is 5.97 Å². The van der Waals surface area contributed by atoms with Crippen LogP contribution in [0.1, 0.15) is 23.7 Å². The summed E-state index contributed by atoms with van der Waals surface area (Å²) >= 11 is 1.43. The monoisotopic (exact) mass is 308 g/mol. The van der Waals surface area contributed by atoms with E-state index < -0.39 is 11.9 Å². The lowest BCUT2D eigenvalue weighted by atomic mass is 10.1. The Morgan fingerprint density at radius 1 is 1.48 bits per heavy atom. The summed E-state index contributed by atoms with van der Waals surface area (Å²) in [4.78, 5) is 34.9.